The van der Waals surface area contributed by atoms with Gasteiger partial charge in [0.2, 0.25) is 5.91 Å². The van der Waals surface area contributed by atoms with Crippen LogP contribution in [0, 0.1) is 19.8 Å². The van der Waals surface area contributed by atoms with Gasteiger partial charge in [0, 0.05) is 17.9 Å². The van der Waals surface area contributed by atoms with E-state index in [2.05, 4.69) is 20.4 Å². The molecule has 1 amide bonds. The van der Waals surface area contributed by atoms with Crippen molar-refractivity contribution < 1.29 is 9.90 Å². The molecule has 0 fully saturated rings. The van der Waals surface area contributed by atoms with Crippen LogP contribution in [-0.2, 0) is 11.2 Å². The molecule has 0 bridgehead atoms. The van der Waals surface area contributed by atoms with Gasteiger partial charge < -0.3 is 10.4 Å². The lowest BCUT2D eigenvalue weighted by atomic mass is 10.0. The Balaban J connectivity index is 1.99. The van der Waals surface area contributed by atoms with E-state index in [9.17, 15) is 9.90 Å². The predicted octanol–water partition coefficient (Wildman–Crippen LogP) is 0.807. The quantitative estimate of drug-likeness (QED) is 0.824. The van der Waals surface area contributed by atoms with Crippen LogP contribution in [-0.4, -0.2) is 43.2 Å². The normalized spacial score (nSPS) is 14.0. The fourth-order valence-electron chi connectivity index (χ4n) is 2.18. The first-order chi connectivity index (χ1) is 10.4. The Hall–Kier alpha value is -2.02. The van der Waals surface area contributed by atoms with Gasteiger partial charge in [-0.05, 0) is 25.8 Å². The van der Waals surface area contributed by atoms with Crippen LogP contribution in [0.25, 0.3) is 5.78 Å². The van der Waals surface area contributed by atoms with Crippen LogP contribution in [0.1, 0.15) is 37.5 Å². The smallest absolute Gasteiger partial charge is 0.252 e. The first kappa shape index (κ1) is 16.4. The van der Waals surface area contributed by atoms with Gasteiger partial charge in [-0.2, -0.15) is 4.98 Å². The number of rotatable bonds is 6. The molecule has 0 aromatic carbocycles. The summed E-state index contributed by atoms with van der Waals surface area (Å²) in [6.07, 6.45) is 0.416. The van der Waals surface area contributed by atoms with Crippen LogP contribution < -0.4 is 5.32 Å². The zero-order valence-electron chi connectivity index (χ0n) is 13.5. The van der Waals surface area contributed by atoms with E-state index in [1.807, 2.05) is 33.8 Å². The third-order valence-corrected chi connectivity index (χ3v) is 3.79. The Bertz CT molecular complexity index is 667. The molecule has 7 nitrogen and oxygen atoms in total. The Morgan fingerprint density at radius 2 is 2.14 bits per heavy atom. The molecule has 120 valence electrons. The summed E-state index contributed by atoms with van der Waals surface area (Å²) in [7, 11) is 0. The van der Waals surface area contributed by atoms with Crippen molar-refractivity contribution in [1.82, 2.24) is 24.9 Å². The number of aryl methyl sites for hydroxylation is 2. The van der Waals surface area contributed by atoms with Gasteiger partial charge in [0.05, 0.1) is 12.5 Å². The molecule has 2 unspecified atom stereocenters. The molecule has 0 aliphatic heterocycles. The number of aliphatic hydroxyl groups excluding tert-OH is 1. The second-order valence-electron chi connectivity index (χ2n) is 5.71. The molecule has 2 aromatic rings. The second kappa shape index (κ2) is 6.83. The van der Waals surface area contributed by atoms with Crippen molar-refractivity contribution in [3.05, 3.63) is 23.3 Å². The summed E-state index contributed by atoms with van der Waals surface area (Å²) in [5.74, 6) is 0.882. The fourth-order valence-corrected chi connectivity index (χ4v) is 2.18. The molecule has 2 N–H and O–H groups in total. The maximum absolute atomic E-state index is 11.9. The molecule has 0 saturated heterocycles. The largest absolute Gasteiger partial charge is 0.391 e. The highest BCUT2D eigenvalue weighted by molar-refractivity contribution is 5.77. The lowest BCUT2D eigenvalue weighted by Gasteiger charge is -2.17. The van der Waals surface area contributed by atoms with Gasteiger partial charge in [0.15, 0.2) is 5.82 Å². The summed E-state index contributed by atoms with van der Waals surface area (Å²) in [6, 6.07) is 1.91. The number of fused-ring (bicyclic) bond motifs is 1. The number of hydrogen-bond donors (Lipinski definition) is 2. The van der Waals surface area contributed by atoms with E-state index in [1.165, 1.54) is 0 Å². The lowest BCUT2D eigenvalue weighted by Crippen LogP contribution is -2.36. The number of nitrogens with zero attached hydrogens (tertiary/aromatic N) is 4. The van der Waals surface area contributed by atoms with Crippen LogP contribution in [0.4, 0.5) is 0 Å². The second-order valence-corrected chi connectivity index (χ2v) is 5.71. The first-order valence-electron chi connectivity index (χ1n) is 7.55. The maximum atomic E-state index is 11.9. The van der Waals surface area contributed by atoms with E-state index in [-0.39, 0.29) is 24.8 Å². The maximum Gasteiger partial charge on any atom is 0.252 e. The van der Waals surface area contributed by atoms with Crippen molar-refractivity contribution in [2.45, 2.75) is 46.6 Å². The minimum Gasteiger partial charge on any atom is -0.391 e. The number of nitrogens with one attached hydrogen (secondary N) is 1. The van der Waals surface area contributed by atoms with E-state index in [1.54, 1.807) is 4.52 Å². The minimum absolute atomic E-state index is 0.0784. The number of carbonyl (C=O) groups excluding carboxylic acids is 1. The van der Waals surface area contributed by atoms with Crippen LogP contribution in [0.3, 0.4) is 0 Å². The Morgan fingerprint density at radius 3 is 2.82 bits per heavy atom. The van der Waals surface area contributed by atoms with Crippen LogP contribution in [0.5, 0.6) is 0 Å². The molecule has 0 saturated carbocycles. The predicted molar refractivity (Wildman–Crippen MR) is 82.4 cm³/mol. The van der Waals surface area contributed by atoms with Gasteiger partial charge in [-0.1, -0.05) is 20.3 Å². The third kappa shape index (κ3) is 3.79. The van der Waals surface area contributed by atoms with Crippen molar-refractivity contribution in [2.75, 3.05) is 6.54 Å². The van der Waals surface area contributed by atoms with Crippen molar-refractivity contribution in [2.24, 2.45) is 5.92 Å². The third-order valence-electron chi connectivity index (χ3n) is 3.79. The Morgan fingerprint density at radius 1 is 1.41 bits per heavy atom. The van der Waals surface area contributed by atoms with E-state index in [0.717, 1.165) is 17.8 Å². The standard InChI is InChI=1S/C15H23N5O2/c1-5-9(2)12(21)8-16-14(22)7-13-18-15-17-10(3)6-11(4)20(15)19-13/h6,9,12,21H,5,7-8H2,1-4H3,(H,16,22). The molecular weight excluding hydrogens is 282 g/mol. The summed E-state index contributed by atoms with van der Waals surface area (Å²) in [5, 5.41) is 16.9. The highest BCUT2D eigenvalue weighted by Crippen LogP contribution is 2.07. The summed E-state index contributed by atoms with van der Waals surface area (Å²) in [4.78, 5) is 20.5. The molecule has 2 atom stereocenters. The molecular formula is C15H23N5O2. The number of carbonyl (C=O) groups is 1. The van der Waals surface area contributed by atoms with Gasteiger partial charge in [-0.15, -0.1) is 5.10 Å². The van der Waals surface area contributed by atoms with Crippen LogP contribution in [0.15, 0.2) is 6.07 Å². The molecule has 0 spiro atoms. The molecule has 22 heavy (non-hydrogen) atoms. The zero-order valence-corrected chi connectivity index (χ0v) is 13.5. The highest BCUT2D eigenvalue weighted by Gasteiger charge is 2.15. The first-order valence-corrected chi connectivity index (χ1v) is 7.55. The Kier molecular flexibility index (Phi) is 5.07. The summed E-state index contributed by atoms with van der Waals surface area (Å²) in [6.45, 7) is 8.02. The summed E-state index contributed by atoms with van der Waals surface area (Å²) in [5.41, 5.74) is 1.79. The fraction of sp³-hybridized carbons (Fsp3) is 0.600. The van der Waals surface area contributed by atoms with Gasteiger partial charge >= 0.3 is 0 Å². The van der Waals surface area contributed by atoms with Crippen LogP contribution >= 0.6 is 0 Å². The van der Waals surface area contributed by atoms with Crippen molar-refractivity contribution >= 4 is 11.7 Å². The molecule has 0 aliphatic rings. The number of aromatic nitrogens is 4. The molecule has 0 aliphatic carbocycles. The number of amides is 1. The number of aliphatic hydroxyl groups is 1. The zero-order chi connectivity index (χ0) is 16.3. The minimum atomic E-state index is -0.533. The van der Waals surface area contributed by atoms with Crippen molar-refractivity contribution in [3.8, 4) is 0 Å². The van der Waals surface area contributed by atoms with E-state index >= 15 is 0 Å². The average Bonchev–Trinajstić information content (AvgIpc) is 2.86. The number of hydrogen-bond acceptors (Lipinski definition) is 5. The van der Waals surface area contributed by atoms with Crippen LogP contribution in [0.2, 0.25) is 0 Å². The molecule has 0 radical (unpaired) electrons. The average molecular weight is 305 g/mol. The summed E-state index contributed by atoms with van der Waals surface area (Å²) >= 11 is 0. The van der Waals surface area contributed by atoms with Crippen molar-refractivity contribution in [3.63, 3.8) is 0 Å². The van der Waals surface area contributed by atoms with E-state index < -0.39 is 6.10 Å². The summed E-state index contributed by atoms with van der Waals surface area (Å²) < 4.78 is 1.63. The molecule has 7 heteroatoms. The topological polar surface area (TPSA) is 92.4 Å². The van der Waals surface area contributed by atoms with Gasteiger partial charge in [0.25, 0.3) is 5.78 Å². The molecule has 2 aromatic heterocycles. The monoisotopic (exact) mass is 305 g/mol. The van der Waals surface area contributed by atoms with E-state index in [4.69, 9.17) is 0 Å². The van der Waals surface area contributed by atoms with Gasteiger partial charge in [0.1, 0.15) is 0 Å². The van der Waals surface area contributed by atoms with Gasteiger partial charge in [-0.25, -0.2) is 9.50 Å². The van der Waals surface area contributed by atoms with Crippen molar-refractivity contribution in [1.29, 1.82) is 0 Å². The molecule has 2 rings (SSSR count). The van der Waals surface area contributed by atoms with Gasteiger partial charge in [-0.3, -0.25) is 4.79 Å². The van der Waals surface area contributed by atoms with E-state index in [0.29, 0.717) is 11.6 Å². The highest BCUT2D eigenvalue weighted by atomic mass is 16.3. The SMILES string of the molecule is CCC(C)C(O)CNC(=O)Cc1nc2nc(C)cc(C)n2n1. The Labute approximate surface area is 129 Å². The molecule has 2 heterocycles. The lowest BCUT2D eigenvalue weighted by molar-refractivity contribution is -0.121.